The highest BCUT2D eigenvalue weighted by Crippen LogP contribution is 2.19. The van der Waals surface area contributed by atoms with E-state index in [-0.39, 0.29) is 6.04 Å². The fraction of sp³-hybridized carbons (Fsp3) is 0.471. The Bertz CT molecular complexity index is 858. The lowest BCUT2D eigenvalue weighted by atomic mass is 10.3. The van der Waals surface area contributed by atoms with Crippen molar-refractivity contribution in [2.24, 2.45) is 0 Å². The van der Waals surface area contributed by atoms with E-state index in [4.69, 9.17) is 0 Å². The normalized spacial score (nSPS) is 12.8. The summed E-state index contributed by atoms with van der Waals surface area (Å²) in [4.78, 5) is 4.61. The van der Waals surface area contributed by atoms with E-state index in [0.717, 1.165) is 40.7 Å². The van der Waals surface area contributed by atoms with E-state index in [1.807, 2.05) is 36.0 Å². The monoisotopic (exact) mass is 312 g/mol. The van der Waals surface area contributed by atoms with Crippen molar-refractivity contribution in [1.29, 1.82) is 0 Å². The van der Waals surface area contributed by atoms with Crippen molar-refractivity contribution in [2.75, 3.05) is 5.32 Å². The number of hydrogen-bond donors (Lipinski definition) is 1. The van der Waals surface area contributed by atoms with Gasteiger partial charge in [0.1, 0.15) is 5.82 Å². The zero-order chi connectivity index (χ0) is 16.7. The third-order valence-corrected chi connectivity index (χ3v) is 4.13. The molecule has 6 nitrogen and oxygen atoms in total. The van der Waals surface area contributed by atoms with Crippen LogP contribution in [0.15, 0.2) is 12.1 Å². The van der Waals surface area contributed by atoms with Crippen LogP contribution in [0.1, 0.15) is 35.3 Å². The minimum Gasteiger partial charge on any atom is -0.366 e. The van der Waals surface area contributed by atoms with Crippen LogP contribution in [-0.4, -0.2) is 30.4 Å². The zero-order valence-corrected chi connectivity index (χ0v) is 14.7. The predicted molar refractivity (Wildman–Crippen MR) is 92.0 cm³/mol. The largest absolute Gasteiger partial charge is 0.366 e. The molecule has 3 aromatic heterocycles. The molecule has 1 atom stereocenters. The van der Waals surface area contributed by atoms with Crippen molar-refractivity contribution in [3.8, 4) is 0 Å². The minimum atomic E-state index is 0.225. The molecule has 3 heterocycles. The Morgan fingerprint density at radius 3 is 2.43 bits per heavy atom. The van der Waals surface area contributed by atoms with Crippen molar-refractivity contribution in [1.82, 2.24) is 24.4 Å². The van der Waals surface area contributed by atoms with E-state index < -0.39 is 0 Å². The molecule has 1 N–H and O–H groups in total. The second-order valence-corrected chi connectivity index (χ2v) is 6.38. The van der Waals surface area contributed by atoms with E-state index in [1.54, 1.807) is 0 Å². The molecule has 0 aromatic carbocycles. The van der Waals surface area contributed by atoms with Crippen LogP contribution in [0.3, 0.4) is 0 Å². The summed E-state index contributed by atoms with van der Waals surface area (Å²) in [7, 11) is 0. The van der Waals surface area contributed by atoms with Crippen molar-refractivity contribution in [3.05, 3.63) is 40.5 Å². The highest BCUT2D eigenvalue weighted by molar-refractivity contribution is 5.56. The van der Waals surface area contributed by atoms with Gasteiger partial charge in [-0.1, -0.05) is 0 Å². The predicted octanol–water partition coefficient (Wildman–Crippen LogP) is 2.97. The first-order valence-corrected chi connectivity index (χ1v) is 7.96. The van der Waals surface area contributed by atoms with Gasteiger partial charge in [0, 0.05) is 29.1 Å². The molecule has 122 valence electrons. The van der Waals surface area contributed by atoms with Gasteiger partial charge in [0.25, 0.3) is 0 Å². The van der Waals surface area contributed by atoms with Crippen molar-refractivity contribution >= 4 is 11.5 Å². The highest BCUT2D eigenvalue weighted by atomic mass is 15.3. The number of hydrogen-bond acceptors (Lipinski definition) is 4. The summed E-state index contributed by atoms with van der Waals surface area (Å²) in [6.45, 7) is 13.2. The molecule has 0 unspecified atom stereocenters. The summed E-state index contributed by atoms with van der Waals surface area (Å²) in [6.07, 6.45) is 0. The van der Waals surface area contributed by atoms with E-state index in [9.17, 15) is 0 Å². The fourth-order valence-electron chi connectivity index (χ4n) is 2.87. The molecule has 0 saturated heterocycles. The zero-order valence-electron chi connectivity index (χ0n) is 14.7. The standard InChI is InChI=1S/C17H24N6/c1-10-8-16(23-17(19-10)14(5)15(6)21-23)18-12(3)9-22-13(4)7-11(2)20-22/h7-8,12,18H,9H2,1-6H3/t12-/m1/s1. The Hall–Kier alpha value is -2.37. The Morgan fingerprint density at radius 2 is 1.78 bits per heavy atom. The Labute approximate surface area is 136 Å². The average molecular weight is 312 g/mol. The molecule has 0 aliphatic carbocycles. The number of aryl methyl sites for hydroxylation is 5. The quantitative estimate of drug-likeness (QED) is 0.804. The molecule has 23 heavy (non-hydrogen) atoms. The molecule has 0 bridgehead atoms. The summed E-state index contributed by atoms with van der Waals surface area (Å²) in [6, 6.07) is 4.36. The minimum absolute atomic E-state index is 0.225. The lowest BCUT2D eigenvalue weighted by Crippen LogP contribution is -2.24. The molecule has 0 radical (unpaired) electrons. The summed E-state index contributed by atoms with van der Waals surface area (Å²) in [5.74, 6) is 0.970. The maximum Gasteiger partial charge on any atom is 0.160 e. The molecular formula is C17H24N6. The van der Waals surface area contributed by atoms with Gasteiger partial charge >= 0.3 is 0 Å². The number of nitrogens with one attached hydrogen (secondary N) is 1. The molecule has 0 aliphatic heterocycles. The Morgan fingerprint density at radius 1 is 1.04 bits per heavy atom. The van der Waals surface area contributed by atoms with Gasteiger partial charge in [0.05, 0.1) is 17.9 Å². The summed E-state index contributed by atoms with van der Waals surface area (Å²) in [5.41, 5.74) is 6.28. The van der Waals surface area contributed by atoms with E-state index in [1.165, 1.54) is 5.69 Å². The van der Waals surface area contributed by atoms with Gasteiger partial charge in [0.2, 0.25) is 0 Å². The highest BCUT2D eigenvalue weighted by Gasteiger charge is 2.13. The Balaban J connectivity index is 1.89. The molecule has 6 heteroatoms. The number of nitrogens with zero attached hydrogens (tertiary/aromatic N) is 5. The van der Waals surface area contributed by atoms with Crippen molar-refractivity contribution < 1.29 is 0 Å². The second kappa shape index (κ2) is 5.68. The first-order chi connectivity index (χ1) is 10.8. The van der Waals surface area contributed by atoms with E-state index >= 15 is 0 Å². The molecule has 0 saturated carbocycles. The third-order valence-electron chi connectivity index (χ3n) is 4.13. The number of rotatable bonds is 4. The van der Waals surface area contributed by atoms with Crippen molar-refractivity contribution in [2.45, 2.75) is 54.1 Å². The van der Waals surface area contributed by atoms with Gasteiger partial charge < -0.3 is 5.32 Å². The summed E-state index contributed by atoms with van der Waals surface area (Å²) in [5, 5.41) is 12.7. The van der Waals surface area contributed by atoms with Gasteiger partial charge in [-0.15, -0.1) is 0 Å². The summed E-state index contributed by atoms with van der Waals surface area (Å²) >= 11 is 0. The van der Waals surface area contributed by atoms with Gasteiger partial charge in [-0.05, 0) is 47.6 Å². The first-order valence-electron chi connectivity index (χ1n) is 7.96. The number of anilines is 1. The van der Waals surface area contributed by atoms with Gasteiger partial charge in [-0.3, -0.25) is 4.68 Å². The molecule has 0 aliphatic rings. The molecular weight excluding hydrogens is 288 g/mol. The topological polar surface area (TPSA) is 60.0 Å². The number of aromatic nitrogens is 5. The van der Waals surface area contributed by atoms with Crippen LogP contribution in [0, 0.1) is 34.6 Å². The van der Waals surface area contributed by atoms with Crippen LogP contribution in [0.5, 0.6) is 0 Å². The lowest BCUT2D eigenvalue weighted by Gasteiger charge is -2.17. The fourth-order valence-corrected chi connectivity index (χ4v) is 2.87. The van der Waals surface area contributed by atoms with Crippen LogP contribution < -0.4 is 5.32 Å². The van der Waals surface area contributed by atoms with E-state index in [0.29, 0.717) is 0 Å². The first kappa shape index (κ1) is 15.5. The molecule has 3 aromatic rings. The maximum atomic E-state index is 4.61. The molecule has 0 fully saturated rings. The van der Waals surface area contributed by atoms with Gasteiger partial charge in [-0.2, -0.15) is 14.7 Å². The lowest BCUT2D eigenvalue weighted by molar-refractivity contribution is 0.543. The van der Waals surface area contributed by atoms with Crippen LogP contribution in [0.4, 0.5) is 5.82 Å². The number of fused-ring (bicyclic) bond motifs is 1. The van der Waals surface area contributed by atoms with Gasteiger partial charge in [0.15, 0.2) is 5.65 Å². The smallest absolute Gasteiger partial charge is 0.160 e. The van der Waals surface area contributed by atoms with Crippen LogP contribution in [-0.2, 0) is 6.54 Å². The molecule has 0 spiro atoms. The van der Waals surface area contributed by atoms with Crippen molar-refractivity contribution in [3.63, 3.8) is 0 Å². The molecule has 3 rings (SSSR count). The molecule has 0 amide bonds. The third kappa shape index (κ3) is 2.93. The summed E-state index contributed by atoms with van der Waals surface area (Å²) < 4.78 is 3.94. The average Bonchev–Trinajstić information content (AvgIpc) is 2.91. The van der Waals surface area contributed by atoms with Gasteiger partial charge in [-0.25, -0.2) is 4.98 Å². The SMILES string of the molecule is Cc1cc(N[C@H](C)Cn2nc(C)cc2C)n2nc(C)c(C)c2n1. The van der Waals surface area contributed by atoms with E-state index in [2.05, 4.69) is 47.3 Å². The van der Waals surface area contributed by atoms with Crippen LogP contribution in [0.25, 0.3) is 5.65 Å². The Kier molecular flexibility index (Phi) is 3.83. The van der Waals surface area contributed by atoms with Crippen LogP contribution >= 0.6 is 0 Å². The maximum absolute atomic E-state index is 4.61. The second-order valence-electron chi connectivity index (χ2n) is 6.38. The van der Waals surface area contributed by atoms with Crippen LogP contribution in [0.2, 0.25) is 0 Å².